The molecular weight excluding hydrogens is 246 g/mol. The summed E-state index contributed by atoms with van der Waals surface area (Å²) in [5, 5.41) is 5.03. The number of esters is 1. The van der Waals surface area contributed by atoms with E-state index in [1.165, 1.54) is 13.4 Å². The number of carbonyl (C=O) groups is 1. The Bertz CT molecular complexity index is 595. The quantitative estimate of drug-likeness (QED) is 0.752. The number of rotatable bonds is 4. The van der Waals surface area contributed by atoms with Crippen LogP contribution in [0.15, 0.2) is 12.5 Å². The van der Waals surface area contributed by atoms with Crippen molar-refractivity contribution in [1.29, 1.82) is 0 Å². The maximum absolute atomic E-state index is 11.4. The Morgan fingerprint density at radius 3 is 2.95 bits per heavy atom. The first-order chi connectivity index (χ1) is 9.04. The highest BCUT2D eigenvalue weighted by Crippen LogP contribution is 2.21. The Morgan fingerprint density at radius 1 is 1.53 bits per heavy atom. The zero-order valence-corrected chi connectivity index (χ0v) is 11.5. The second kappa shape index (κ2) is 5.21. The van der Waals surface area contributed by atoms with Crippen LogP contribution in [-0.2, 0) is 16.6 Å². The van der Waals surface area contributed by atoms with Gasteiger partial charge in [-0.15, -0.1) is 0 Å². The van der Waals surface area contributed by atoms with E-state index >= 15 is 0 Å². The third kappa shape index (κ3) is 2.49. The zero-order valence-electron chi connectivity index (χ0n) is 11.5. The molecule has 7 heteroatoms. The molecule has 2 aromatic rings. The number of carbonyl (C=O) groups excluding carboxylic acids is 1. The molecule has 0 aliphatic rings. The van der Waals surface area contributed by atoms with Gasteiger partial charge in [0.05, 0.1) is 24.6 Å². The Hall–Kier alpha value is -2.18. The monoisotopic (exact) mass is 263 g/mol. The molecule has 0 aliphatic heterocycles. The van der Waals surface area contributed by atoms with Crippen molar-refractivity contribution in [3.63, 3.8) is 0 Å². The van der Waals surface area contributed by atoms with Crippen LogP contribution >= 0.6 is 0 Å². The minimum atomic E-state index is -0.233. The number of methoxy groups -OCH3 is 1. The molecule has 2 aromatic heterocycles. The molecule has 19 heavy (non-hydrogen) atoms. The van der Waals surface area contributed by atoms with E-state index in [-0.39, 0.29) is 11.9 Å². The molecule has 2 heterocycles. The van der Waals surface area contributed by atoms with E-state index in [0.29, 0.717) is 6.54 Å². The van der Waals surface area contributed by atoms with Crippen LogP contribution in [0.1, 0.15) is 6.92 Å². The standard InChI is InChI=1S/C12H17N5O2/c1-8(12(18)19-4)6-16(2)10-9-5-15-17(3)11(9)14-7-13-10/h5,7-8H,6H2,1-4H3. The minimum Gasteiger partial charge on any atom is -0.469 e. The molecule has 0 amide bonds. The Balaban J connectivity index is 2.26. The Kier molecular flexibility index (Phi) is 3.64. The van der Waals surface area contributed by atoms with Gasteiger partial charge in [-0.2, -0.15) is 5.10 Å². The van der Waals surface area contributed by atoms with Crippen LogP contribution in [0, 0.1) is 5.92 Å². The van der Waals surface area contributed by atoms with Gasteiger partial charge in [-0.1, -0.05) is 6.92 Å². The number of hydrogen-bond donors (Lipinski definition) is 0. The van der Waals surface area contributed by atoms with Gasteiger partial charge in [0.1, 0.15) is 12.1 Å². The summed E-state index contributed by atoms with van der Waals surface area (Å²) in [7, 11) is 5.10. The predicted octanol–water partition coefficient (Wildman–Crippen LogP) is 0.609. The highest BCUT2D eigenvalue weighted by atomic mass is 16.5. The molecule has 0 aromatic carbocycles. The SMILES string of the molecule is COC(=O)C(C)CN(C)c1ncnc2c1cnn2C. The van der Waals surface area contributed by atoms with Gasteiger partial charge in [-0.05, 0) is 0 Å². The van der Waals surface area contributed by atoms with Crippen molar-refractivity contribution >= 4 is 22.8 Å². The molecule has 102 valence electrons. The average molecular weight is 263 g/mol. The van der Waals surface area contributed by atoms with Gasteiger partial charge < -0.3 is 9.64 Å². The van der Waals surface area contributed by atoms with Crippen molar-refractivity contribution in [2.75, 3.05) is 25.6 Å². The number of aryl methyl sites for hydroxylation is 1. The molecule has 2 rings (SSSR count). The van der Waals surface area contributed by atoms with Gasteiger partial charge in [0.15, 0.2) is 5.65 Å². The first kappa shape index (κ1) is 13.3. The van der Waals surface area contributed by atoms with Crippen molar-refractivity contribution in [2.24, 2.45) is 13.0 Å². The van der Waals surface area contributed by atoms with Crippen molar-refractivity contribution < 1.29 is 9.53 Å². The maximum atomic E-state index is 11.4. The van der Waals surface area contributed by atoms with Crippen molar-refractivity contribution in [1.82, 2.24) is 19.7 Å². The molecule has 1 unspecified atom stereocenters. The van der Waals surface area contributed by atoms with Crippen LogP contribution in [0.4, 0.5) is 5.82 Å². The molecule has 0 radical (unpaired) electrons. The minimum absolute atomic E-state index is 0.225. The molecular formula is C12H17N5O2. The molecule has 0 saturated carbocycles. The molecule has 7 nitrogen and oxygen atoms in total. The first-order valence-corrected chi connectivity index (χ1v) is 5.96. The summed E-state index contributed by atoms with van der Waals surface area (Å²) in [6, 6.07) is 0. The summed E-state index contributed by atoms with van der Waals surface area (Å²) in [5.41, 5.74) is 0.766. The number of hydrogen-bond acceptors (Lipinski definition) is 6. The van der Waals surface area contributed by atoms with Crippen LogP contribution in [0.5, 0.6) is 0 Å². The lowest BCUT2D eigenvalue weighted by atomic mass is 10.1. The van der Waals surface area contributed by atoms with Gasteiger partial charge in [-0.25, -0.2) is 9.97 Å². The second-order valence-corrected chi connectivity index (χ2v) is 4.51. The fourth-order valence-electron chi connectivity index (χ4n) is 2.03. The maximum Gasteiger partial charge on any atom is 0.310 e. The summed E-state index contributed by atoms with van der Waals surface area (Å²) >= 11 is 0. The number of nitrogens with zero attached hydrogens (tertiary/aromatic N) is 5. The van der Waals surface area contributed by atoms with Gasteiger partial charge in [-0.3, -0.25) is 9.48 Å². The number of aromatic nitrogens is 4. The molecule has 1 atom stereocenters. The van der Waals surface area contributed by atoms with E-state index in [9.17, 15) is 4.79 Å². The predicted molar refractivity (Wildman–Crippen MR) is 70.8 cm³/mol. The van der Waals surface area contributed by atoms with Crippen LogP contribution in [-0.4, -0.2) is 46.4 Å². The molecule has 0 fully saturated rings. The molecule has 0 N–H and O–H groups in total. The molecule has 0 spiro atoms. The lowest BCUT2D eigenvalue weighted by Crippen LogP contribution is -2.30. The first-order valence-electron chi connectivity index (χ1n) is 5.96. The highest BCUT2D eigenvalue weighted by molar-refractivity contribution is 5.86. The van der Waals surface area contributed by atoms with E-state index in [1.54, 1.807) is 10.9 Å². The highest BCUT2D eigenvalue weighted by Gasteiger charge is 2.18. The topological polar surface area (TPSA) is 73.1 Å². The summed E-state index contributed by atoms with van der Waals surface area (Å²) in [6.07, 6.45) is 3.22. The van der Waals surface area contributed by atoms with E-state index in [0.717, 1.165) is 16.9 Å². The Morgan fingerprint density at radius 2 is 2.26 bits per heavy atom. The summed E-state index contributed by atoms with van der Waals surface area (Å²) < 4.78 is 6.42. The van der Waals surface area contributed by atoms with Crippen LogP contribution in [0.2, 0.25) is 0 Å². The lowest BCUT2D eigenvalue weighted by molar-refractivity contribution is -0.144. The van der Waals surface area contributed by atoms with E-state index < -0.39 is 0 Å². The Labute approximate surface area is 111 Å². The number of fused-ring (bicyclic) bond motifs is 1. The van der Waals surface area contributed by atoms with Gasteiger partial charge >= 0.3 is 5.97 Å². The molecule has 0 bridgehead atoms. The second-order valence-electron chi connectivity index (χ2n) is 4.51. The summed E-state index contributed by atoms with van der Waals surface area (Å²) in [6.45, 7) is 2.34. The van der Waals surface area contributed by atoms with E-state index in [4.69, 9.17) is 4.74 Å². The van der Waals surface area contributed by atoms with Gasteiger partial charge in [0.25, 0.3) is 0 Å². The van der Waals surface area contributed by atoms with Crippen LogP contribution < -0.4 is 4.90 Å². The van der Waals surface area contributed by atoms with E-state index in [2.05, 4.69) is 15.1 Å². The fraction of sp³-hybridized carbons (Fsp3) is 0.500. The van der Waals surface area contributed by atoms with Crippen molar-refractivity contribution in [3.8, 4) is 0 Å². The van der Waals surface area contributed by atoms with Gasteiger partial charge in [0.2, 0.25) is 0 Å². The molecule has 0 saturated heterocycles. The summed E-state index contributed by atoms with van der Waals surface area (Å²) in [5.74, 6) is 0.300. The fourth-order valence-corrected chi connectivity index (χ4v) is 2.03. The number of anilines is 1. The average Bonchev–Trinajstić information content (AvgIpc) is 2.79. The summed E-state index contributed by atoms with van der Waals surface area (Å²) in [4.78, 5) is 21.8. The van der Waals surface area contributed by atoms with Crippen LogP contribution in [0.3, 0.4) is 0 Å². The smallest absolute Gasteiger partial charge is 0.310 e. The third-order valence-corrected chi connectivity index (χ3v) is 3.02. The normalized spacial score (nSPS) is 12.4. The third-order valence-electron chi connectivity index (χ3n) is 3.02. The number of ether oxygens (including phenoxy) is 1. The largest absolute Gasteiger partial charge is 0.469 e. The van der Waals surface area contributed by atoms with Crippen molar-refractivity contribution in [2.45, 2.75) is 6.92 Å². The van der Waals surface area contributed by atoms with Crippen molar-refractivity contribution in [3.05, 3.63) is 12.5 Å². The van der Waals surface area contributed by atoms with Gasteiger partial charge in [0, 0.05) is 20.6 Å². The zero-order chi connectivity index (χ0) is 14.0. The lowest BCUT2D eigenvalue weighted by Gasteiger charge is -2.21. The molecule has 0 aliphatic carbocycles. The van der Waals surface area contributed by atoms with Crippen LogP contribution in [0.25, 0.3) is 11.0 Å². The van der Waals surface area contributed by atoms with E-state index in [1.807, 2.05) is 25.9 Å².